The van der Waals surface area contributed by atoms with Crippen LogP contribution in [0, 0.1) is 0 Å². The Hall–Kier alpha value is -0.300. The summed E-state index contributed by atoms with van der Waals surface area (Å²) in [5.74, 6) is 0. The highest BCUT2D eigenvalue weighted by Crippen LogP contribution is 2.08. The molecule has 1 rings (SSSR count). The third-order valence-electron chi connectivity index (χ3n) is 1.26. The van der Waals surface area contributed by atoms with Gasteiger partial charge in [0, 0.05) is 0 Å². The third kappa shape index (κ3) is 1.03. The maximum Gasteiger partial charge on any atom is 0.0677 e. The van der Waals surface area contributed by atoms with E-state index in [2.05, 4.69) is 13.0 Å². The van der Waals surface area contributed by atoms with Gasteiger partial charge < -0.3 is 4.74 Å². The predicted molar refractivity (Wildman–Crippen MR) is 29.2 cm³/mol. The quantitative estimate of drug-likeness (QED) is 0.415. The van der Waals surface area contributed by atoms with Crippen LogP contribution in [-0.4, -0.2) is 13.2 Å². The van der Waals surface area contributed by atoms with Crippen LogP contribution in [0.15, 0.2) is 11.6 Å². The van der Waals surface area contributed by atoms with Gasteiger partial charge in [0.2, 0.25) is 0 Å². The van der Waals surface area contributed by atoms with Gasteiger partial charge in [-0.2, -0.15) is 0 Å². The van der Waals surface area contributed by atoms with Crippen LogP contribution in [0.4, 0.5) is 0 Å². The predicted octanol–water partition coefficient (Wildman–Crippen LogP) is 1.35. The molecule has 1 saturated heterocycles. The second-order valence-electron chi connectivity index (χ2n) is 1.75. The average Bonchev–Trinajstić information content (AvgIpc) is 2.14. The largest absolute Gasteiger partial charge is 0.377 e. The lowest BCUT2D eigenvalue weighted by atomic mass is 10.2. The molecule has 1 nitrogen and oxygen atoms in total. The summed E-state index contributed by atoms with van der Waals surface area (Å²) < 4.78 is 5.08. The molecular weight excluding hydrogens is 88.1 g/mol. The molecule has 0 saturated carbocycles. The van der Waals surface area contributed by atoms with E-state index in [0.717, 1.165) is 19.6 Å². The first-order valence-corrected chi connectivity index (χ1v) is 2.65. The standard InChI is InChI=1S/C6H10O/c1-2-6-3-4-7-5-6/h2H,3-5H2,1H3/b6-2+. The molecule has 1 heteroatoms. The molecule has 0 spiro atoms. The molecule has 0 atom stereocenters. The summed E-state index contributed by atoms with van der Waals surface area (Å²) in [5.41, 5.74) is 1.44. The van der Waals surface area contributed by atoms with Crippen LogP contribution in [0.2, 0.25) is 0 Å². The zero-order valence-corrected chi connectivity index (χ0v) is 4.61. The Labute approximate surface area is 44.0 Å². The second kappa shape index (κ2) is 2.12. The van der Waals surface area contributed by atoms with Gasteiger partial charge in [-0.15, -0.1) is 0 Å². The lowest BCUT2D eigenvalue weighted by Gasteiger charge is -1.83. The van der Waals surface area contributed by atoms with E-state index in [1.807, 2.05) is 0 Å². The maximum atomic E-state index is 5.08. The Morgan fingerprint density at radius 3 is 2.86 bits per heavy atom. The van der Waals surface area contributed by atoms with Crippen molar-refractivity contribution < 1.29 is 4.74 Å². The van der Waals surface area contributed by atoms with Gasteiger partial charge in [-0.05, 0) is 18.9 Å². The van der Waals surface area contributed by atoms with E-state index >= 15 is 0 Å². The molecule has 7 heavy (non-hydrogen) atoms. The van der Waals surface area contributed by atoms with Crippen LogP contribution in [0.25, 0.3) is 0 Å². The Morgan fingerprint density at radius 2 is 2.57 bits per heavy atom. The Kier molecular flexibility index (Phi) is 1.47. The number of ether oxygens (including phenoxy) is 1. The van der Waals surface area contributed by atoms with E-state index in [1.54, 1.807) is 0 Å². The smallest absolute Gasteiger partial charge is 0.0677 e. The molecule has 1 aliphatic heterocycles. The summed E-state index contributed by atoms with van der Waals surface area (Å²) in [6, 6.07) is 0. The molecule has 0 N–H and O–H groups in total. The average molecular weight is 98.1 g/mol. The molecule has 1 heterocycles. The summed E-state index contributed by atoms with van der Waals surface area (Å²) in [5, 5.41) is 0. The van der Waals surface area contributed by atoms with Crippen molar-refractivity contribution in [1.29, 1.82) is 0 Å². The van der Waals surface area contributed by atoms with Crippen molar-refractivity contribution in [2.75, 3.05) is 13.2 Å². The Balaban J connectivity index is 2.41. The van der Waals surface area contributed by atoms with Crippen LogP contribution in [0.5, 0.6) is 0 Å². The number of allylic oxidation sites excluding steroid dienone is 1. The highest BCUT2D eigenvalue weighted by molar-refractivity contribution is 5.03. The van der Waals surface area contributed by atoms with Gasteiger partial charge in [0.15, 0.2) is 0 Å². The molecule has 1 aliphatic rings. The van der Waals surface area contributed by atoms with E-state index < -0.39 is 0 Å². The topological polar surface area (TPSA) is 9.23 Å². The molecule has 0 radical (unpaired) electrons. The van der Waals surface area contributed by atoms with Crippen molar-refractivity contribution in [2.45, 2.75) is 13.3 Å². The fourth-order valence-corrected chi connectivity index (χ4v) is 0.706. The molecule has 0 aromatic carbocycles. The van der Waals surface area contributed by atoms with Crippen LogP contribution in [0.3, 0.4) is 0 Å². The SMILES string of the molecule is C/C=C1\CCOC1. The first-order valence-electron chi connectivity index (χ1n) is 2.65. The molecular formula is C6H10O. The summed E-state index contributed by atoms with van der Waals surface area (Å²) >= 11 is 0. The fourth-order valence-electron chi connectivity index (χ4n) is 0.706. The van der Waals surface area contributed by atoms with Gasteiger partial charge in [0.25, 0.3) is 0 Å². The normalized spacial score (nSPS) is 26.7. The lowest BCUT2D eigenvalue weighted by Crippen LogP contribution is -1.78. The highest BCUT2D eigenvalue weighted by atomic mass is 16.5. The van der Waals surface area contributed by atoms with Crippen LogP contribution >= 0.6 is 0 Å². The van der Waals surface area contributed by atoms with Gasteiger partial charge in [0.1, 0.15) is 0 Å². The maximum absolute atomic E-state index is 5.08. The number of hydrogen-bond acceptors (Lipinski definition) is 1. The molecule has 0 aliphatic carbocycles. The summed E-state index contributed by atoms with van der Waals surface area (Å²) in [6.07, 6.45) is 3.28. The van der Waals surface area contributed by atoms with Gasteiger partial charge in [-0.25, -0.2) is 0 Å². The van der Waals surface area contributed by atoms with E-state index in [-0.39, 0.29) is 0 Å². The first-order chi connectivity index (χ1) is 3.43. The fraction of sp³-hybridized carbons (Fsp3) is 0.667. The first kappa shape index (κ1) is 4.85. The van der Waals surface area contributed by atoms with Crippen LogP contribution < -0.4 is 0 Å². The van der Waals surface area contributed by atoms with Crippen molar-refractivity contribution in [1.82, 2.24) is 0 Å². The molecule has 40 valence electrons. The van der Waals surface area contributed by atoms with Crippen molar-refractivity contribution in [2.24, 2.45) is 0 Å². The summed E-state index contributed by atoms with van der Waals surface area (Å²) in [4.78, 5) is 0. The molecule has 1 fully saturated rings. The van der Waals surface area contributed by atoms with E-state index in [4.69, 9.17) is 4.74 Å². The molecule has 0 aromatic rings. The molecule has 0 amide bonds. The van der Waals surface area contributed by atoms with E-state index in [1.165, 1.54) is 5.57 Å². The van der Waals surface area contributed by atoms with Gasteiger partial charge >= 0.3 is 0 Å². The van der Waals surface area contributed by atoms with Gasteiger partial charge in [-0.3, -0.25) is 0 Å². The minimum Gasteiger partial charge on any atom is -0.377 e. The summed E-state index contributed by atoms with van der Waals surface area (Å²) in [6.45, 7) is 3.86. The highest BCUT2D eigenvalue weighted by Gasteiger charge is 2.02. The Morgan fingerprint density at radius 1 is 1.71 bits per heavy atom. The van der Waals surface area contributed by atoms with Crippen molar-refractivity contribution in [3.8, 4) is 0 Å². The molecule has 0 aromatic heterocycles. The minimum absolute atomic E-state index is 0.872. The molecule has 0 bridgehead atoms. The van der Waals surface area contributed by atoms with E-state index in [0.29, 0.717) is 0 Å². The second-order valence-corrected chi connectivity index (χ2v) is 1.75. The van der Waals surface area contributed by atoms with Gasteiger partial charge in [0.05, 0.1) is 13.2 Å². The van der Waals surface area contributed by atoms with Crippen molar-refractivity contribution >= 4 is 0 Å². The zero-order chi connectivity index (χ0) is 5.11. The lowest BCUT2D eigenvalue weighted by molar-refractivity contribution is 0.204. The van der Waals surface area contributed by atoms with Crippen molar-refractivity contribution in [3.05, 3.63) is 11.6 Å². The zero-order valence-electron chi connectivity index (χ0n) is 4.61. The molecule has 0 unspecified atom stereocenters. The minimum atomic E-state index is 0.872. The third-order valence-corrected chi connectivity index (χ3v) is 1.26. The Bertz CT molecular complexity index is 76.2. The van der Waals surface area contributed by atoms with Crippen LogP contribution in [-0.2, 0) is 4.74 Å². The number of rotatable bonds is 0. The monoisotopic (exact) mass is 98.1 g/mol. The van der Waals surface area contributed by atoms with E-state index in [9.17, 15) is 0 Å². The number of hydrogen-bond donors (Lipinski definition) is 0. The van der Waals surface area contributed by atoms with Crippen LogP contribution in [0.1, 0.15) is 13.3 Å². The summed E-state index contributed by atoms with van der Waals surface area (Å²) in [7, 11) is 0. The van der Waals surface area contributed by atoms with Crippen molar-refractivity contribution in [3.63, 3.8) is 0 Å². The van der Waals surface area contributed by atoms with Gasteiger partial charge in [-0.1, -0.05) is 6.08 Å².